The zero-order valence-corrected chi connectivity index (χ0v) is 16.7. The third-order valence-electron chi connectivity index (χ3n) is 3.70. The van der Waals surface area contributed by atoms with Gasteiger partial charge < -0.3 is 10.2 Å². The topological polar surface area (TPSA) is 36.2 Å². The van der Waals surface area contributed by atoms with E-state index in [4.69, 9.17) is 12.2 Å². The van der Waals surface area contributed by atoms with Crippen molar-refractivity contribution in [3.8, 4) is 0 Å². The summed E-state index contributed by atoms with van der Waals surface area (Å²) < 4.78 is 2.76. The number of pyridine rings is 1. The Morgan fingerprint density at radius 2 is 1.88 bits per heavy atom. The number of carbonyl (C=O) groups is 1. The van der Waals surface area contributed by atoms with Crippen molar-refractivity contribution in [2.24, 2.45) is 0 Å². The predicted octanol–water partition coefficient (Wildman–Crippen LogP) is 3.33. The van der Waals surface area contributed by atoms with Gasteiger partial charge in [-0.25, -0.2) is 0 Å². The molecule has 0 aliphatic rings. The van der Waals surface area contributed by atoms with Crippen LogP contribution in [-0.2, 0) is 0 Å². The minimum absolute atomic E-state index is 0.0586. The maximum absolute atomic E-state index is 13.1. The van der Waals surface area contributed by atoms with Gasteiger partial charge in [0.05, 0.1) is 0 Å². The van der Waals surface area contributed by atoms with Crippen LogP contribution in [-0.4, -0.2) is 31.4 Å². The van der Waals surface area contributed by atoms with Crippen LogP contribution in [0.25, 0.3) is 0 Å². The number of hydrogen-bond acceptors (Lipinski definition) is 3. The Hall–Kier alpha value is -2.05. The first-order valence-electron chi connectivity index (χ1n) is 7.80. The Morgan fingerprint density at radius 3 is 2.40 bits per heavy atom. The zero-order valence-electron chi connectivity index (χ0n) is 14.3. The van der Waals surface area contributed by atoms with Crippen LogP contribution in [0.4, 0.5) is 5.69 Å². The van der Waals surface area contributed by atoms with E-state index in [1.807, 2.05) is 60.2 Å². The van der Waals surface area contributed by atoms with Gasteiger partial charge in [0.2, 0.25) is 5.78 Å². The number of nitrogens with one attached hydrogen (secondary N) is 1. The van der Waals surface area contributed by atoms with Crippen molar-refractivity contribution in [1.82, 2.24) is 5.32 Å². The second-order valence-electron chi connectivity index (χ2n) is 5.71. The van der Waals surface area contributed by atoms with Crippen LogP contribution >= 0.6 is 28.1 Å². The maximum Gasteiger partial charge on any atom is 0.270 e. The molecule has 0 bridgehead atoms. The average Bonchev–Trinajstić information content (AvgIpc) is 2.61. The van der Waals surface area contributed by atoms with Gasteiger partial charge >= 0.3 is 0 Å². The number of Topliss-reactive ketones (excluding diaryl/α,β-unsaturated/α-hetero) is 1. The summed E-state index contributed by atoms with van der Waals surface area (Å²) in [6.45, 7) is 4.20. The second kappa shape index (κ2) is 8.87. The summed E-state index contributed by atoms with van der Waals surface area (Å²) in [5, 5.41) is 3.08. The first kappa shape index (κ1) is 19.3. The van der Waals surface area contributed by atoms with E-state index >= 15 is 0 Å². The molecule has 0 aliphatic carbocycles. The lowest BCUT2D eigenvalue weighted by Crippen LogP contribution is -2.51. The van der Waals surface area contributed by atoms with Gasteiger partial charge in [-0.15, -0.1) is 6.58 Å². The number of nitrogens with zero attached hydrogens (tertiary/aromatic N) is 2. The molecular weight excluding hydrogens is 398 g/mol. The predicted molar refractivity (Wildman–Crippen MR) is 109 cm³/mol. The van der Waals surface area contributed by atoms with Crippen LogP contribution in [0.3, 0.4) is 0 Å². The van der Waals surface area contributed by atoms with Crippen molar-refractivity contribution < 1.29 is 9.36 Å². The fourth-order valence-corrected chi connectivity index (χ4v) is 2.91. The molecule has 1 aromatic carbocycles. The number of thiocarbonyl (C=S) groups is 1. The SMILES string of the molecule is C=CCNC(=S)[C@@H](C(=O)c1ccc(Br)cc1)[n+]1ccc(N(C)C)cc1. The maximum atomic E-state index is 13.1. The highest BCUT2D eigenvalue weighted by Crippen LogP contribution is 2.16. The minimum Gasteiger partial charge on any atom is -0.377 e. The van der Waals surface area contributed by atoms with Gasteiger partial charge in [-0.05, 0) is 12.1 Å². The molecule has 0 fully saturated rings. The first-order valence-corrected chi connectivity index (χ1v) is 9.00. The molecule has 25 heavy (non-hydrogen) atoms. The van der Waals surface area contributed by atoms with E-state index in [0.29, 0.717) is 17.1 Å². The largest absolute Gasteiger partial charge is 0.377 e. The minimum atomic E-state index is -0.604. The Kier molecular flexibility index (Phi) is 6.84. The van der Waals surface area contributed by atoms with Gasteiger partial charge in [0.15, 0.2) is 17.4 Å². The highest BCUT2D eigenvalue weighted by Gasteiger charge is 2.33. The highest BCUT2D eigenvalue weighted by atomic mass is 79.9. The van der Waals surface area contributed by atoms with Crippen molar-refractivity contribution in [2.75, 3.05) is 25.5 Å². The van der Waals surface area contributed by atoms with Crippen molar-refractivity contribution in [1.29, 1.82) is 0 Å². The van der Waals surface area contributed by atoms with Crippen LogP contribution in [0.5, 0.6) is 0 Å². The molecule has 0 amide bonds. The summed E-state index contributed by atoms with van der Waals surface area (Å²) in [5.41, 5.74) is 1.66. The third-order valence-corrected chi connectivity index (χ3v) is 4.59. The fraction of sp³-hybridized carbons (Fsp3) is 0.211. The molecule has 130 valence electrons. The Balaban J connectivity index is 2.38. The summed E-state index contributed by atoms with van der Waals surface area (Å²) in [4.78, 5) is 15.6. The normalized spacial score (nSPS) is 11.5. The van der Waals surface area contributed by atoms with Gasteiger partial charge in [-0.1, -0.05) is 46.4 Å². The van der Waals surface area contributed by atoms with Crippen molar-refractivity contribution in [3.63, 3.8) is 0 Å². The van der Waals surface area contributed by atoms with Gasteiger partial charge in [-0.2, -0.15) is 4.57 Å². The quantitative estimate of drug-likeness (QED) is 0.323. The summed E-state index contributed by atoms with van der Waals surface area (Å²) in [6.07, 6.45) is 5.46. The molecule has 1 aromatic heterocycles. The number of ketones is 1. The molecule has 2 aromatic rings. The van der Waals surface area contributed by atoms with Crippen molar-refractivity contribution >= 4 is 44.6 Å². The van der Waals surface area contributed by atoms with E-state index in [-0.39, 0.29) is 5.78 Å². The molecule has 1 N–H and O–H groups in total. The van der Waals surface area contributed by atoms with E-state index in [0.717, 1.165) is 10.2 Å². The molecule has 0 saturated carbocycles. The standard InChI is InChI=1S/C19H20BrN3OS/c1-4-11-21-19(25)17(18(24)14-5-7-15(20)8-6-14)23-12-9-16(10-13-23)22(2)3/h4-10,12-13,17H,1,11H2,2-3H3/p+1/t17-/m1/s1. The zero-order chi connectivity index (χ0) is 18.4. The molecule has 6 heteroatoms. The lowest BCUT2D eigenvalue weighted by atomic mass is 10.0. The number of anilines is 1. The van der Waals surface area contributed by atoms with Crippen LogP contribution in [0.1, 0.15) is 16.4 Å². The Labute approximate surface area is 162 Å². The smallest absolute Gasteiger partial charge is 0.270 e. The molecule has 0 aliphatic heterocycles. The average molecular weight is 419 g/mol. The molecular formula is C19H21BrN3OS+. The lowest BCUT2D eigenvalue weighted by Gasteiger charge is -2.16. The molecule has 0 radical (unpaired) electrons. The van der Waals surface area contributed by atoms with Crippen LogP contribution in [0.2, 0.25) is 0 Å². The van der Waals surface area contributed by atoms with E-state index in [1.165, 1.54) is 0 Å². The van der Waals surface area contributed by atoms with Gasteiger partial charge in [0.25, 0.3) is 6.04 Å². The second-order valence-corrected chi connectivity index (χ2v) is 7.06. The van der Waals surface area contributed by atoms with Crippen molar-refractivity contribution in [3.05, 3.63) is 71.5 Å². The number of aromatic nitrogens is 1. The van der Waals surface area contributed by atoms with E-state index < -0.39 is 6.04 Å². The van der Waals surface area contributed by atoms with Crippen molar-refractivity contribution in [2.45, 2.75) is 6.04 Å². The van der Waals surface area contributed by atoms with E-state index in [2.05, 4.69) is 27.8 Å². The molecule has 1 atom stereocenters. The first-order chi connectivity index (χ1) is 11.9. The summed E-state index contributed by atoms with van der Waals surface area (Å²) in [5.74, 6) is -0.0586. The van der Waals surface area contributed by atoms with Gasteiger partial charge in [0.1, 0.15) is 0 Å². The number of rotatable bonds is 7. The van der Waals surface area contributed by atoms with Crippen LogP contribution < -0.4 is 14.8 Å². The van der Waals surface area contributed by atoms with E-state index in [1.54, 1.807) is 18.2 Å². The van der Waals surface area contributed by atoms with Crippen LogP contribution in [0, 0.1) is 0 Å². The third kappa shape index (κ3) is 4.96. The number of hydrogen-bond donors (Lipinski definition) is 1. The van der Waals surface area contributed by atoms with Gasteiger partial charge in [-0.3, -0.25) is 4.79 Å². The number of carbonyl (C=O) groups excluding carboxylic acids is 1. The summed E-state index contributed by atoms with van der Waals surface area (Å²) in [7, 11) is 3.95. The van der Waals surface area contributed by atoms with E-state index in [9.17, 15) is 4.79 Å². The number of halogens is 1. The molecule has 4 nitrogen and oxygen atoms in total. The monoisotopic (exact) mass is 418 g/mol. The molecule has 2 rings (SSSR count). The van der Waals surface area contributed by atoms with Crippen LogP contribution in [0.15, 0.2) is 65.9 Å². The Morgan fingerprint density at radius 1 is 1.28 bits per heavy atom. The fourth-order valence-electron chi connectivity index (χ4n) is 2.33. The van der Waals surface area contributed by atoms with Gasteiger partial charge in [0, 0.05) is 48.5 Å². The number of benzene rings is 1. The highest BCUT2D eigenvalue weighted by molar-refractivity contribution is 9.10. The molecule has 0 unspecified atom stereocenters. The molecule has 1 heterocycles. The summed E-state index contributed by atoms with van der Waals surface area (Å²) >= 11 is 8.88. The summed E-state index contributed by atoms with van der Waals surface area (Å²) in [6, 6.07) is 10.6. The molecule has 0 spiro atoms. The Bertz CT molecular complexity index is 757. The lowest BCUT2D eigenvalue weighted by molar-refractivity contribution is -0.692. The molecule has 0 saturated heterocycles.